The van der Waals surface area contributed by atoms with E-state index in [1.807, 2.05) is 0 Å². The van der Waals surface area contributed by atoms with Crippen LogP contribution < -0.4 is 0 Å². The quantitative estimate of drug-likeness (QED) is 0.643. The van der Waals surface area contributed by atoms with Gasteiger partial charge in [-0.15, -0.1) is 0 Å². The molecule has 6 nitrogen and oxygen atoms in total. The maximum absolute atomic E-state index is 10.5. The summed E-state index contributed by atoms with van der Waals surface area (Å²) in [5.41, 5.74) is -0.315. The molecule has 0 bridgehead atoms. The van der Waals surface area contributed by atoms with Crippen molar-refractivity contribution in [1.82, 2.24) is 0 Å². The number of hydrogen-bond acceptors (Lipinski definition) is 4. The van der Waals surface area contributed by atoms with Crippen LogP contribution in [0.4, 0.5) is 5.69 Å². The second-order valence-corrected chi connectivity index (χ2v) is 3.56. The Labute approximate surface area is 92.4 Å². The highest BCUT2D eigenvalue weighted by Crippen LogP contribution is 2.28. The molecule has 1 aromatic rings. The van der Waals surface area contributed by atoms with Crippen molar-refractivity contribution in [3.8, 4) is 0 Å². The smallest absolute Gasteiger partial charge is 0.337 e. The molecule has 0 saturated heterocycles. The third kappa shape index (κ3) is 2.51. The lowest BCUT2D eigenvalue weighted by Crippen LogP contribution is -2.10. The van der Waals surface area contributed by atoms with E-state index in [2.05, 4.69) is 15.9 Å². The summed E-state index contributed by atoms with van der Waals surface area (Å²) < 4.78 is 0.230. The topological polar surface area (TPSA) is 101 Å². The van der Waals surface area contributed by atoms with Gasteiger partial charge in [0.15, 0.2) is 6.10 Å². The van der Waals surface area contributed by atoms with Gasteiger partial charge in [0.1, 0.15) is 0 Å². The first-order chi connectivity index (χ1) is 6.93. The van der Waals surface area contributed by atoms with E-state index >= 15 is 0 Å². The molecular formula is C8H6BrNO5. The molecule has 0 heterocycles. The van der Waals surface area contributed by atoms with Crippen molar-refractivity contribution in [1.29, 1.82) is 0 Å². The van der Waals surface area contributed by atoms with Crippen molar-refractivity contribution in [2.24, 2.45) is 0 Å². The minimum absolute atomic E-state index is 0.0302. The Balaban J connectivity index is 3.18. The van der Waals surface area contributed by atoms with Crippen molar-refractivity contribution in [2.75, 3.05) is 0 Å². The number of rotatable bonds is 3. The highest BCUT2D eigenvalue weighted by Gasteiger charge is 2.20. The van der Waals surface area contributed by atoms with Crippen LogP contribution in [0, 0.1) is 10.1 Å². The minimum atomic E-state index is -1.75. The van der Waals surface area contributed by atoms with Gasteiger partial charge < -0.3 is 10.2 Å². The maximum atomic E-state index is 10.5. The van der Waals surface area contributed by atoms with E-state index in [1.165, 1.54) is 12.1 Å². The Morgan fingerprint density at radius 3 is 2.60 bits per heavy atom. The zero-order chi connectivity index (χ0) is 11.6. The zero-order valence-electron chi connectivity index (χ0n) is 7.25. The van der Waals surface area contributed by atoms with Gasteiger partial charge in [-0.3, -0.25) is 10.1 Å². The second kappa shape index (κ2) is 4.37. The molecule has 1 unspecified atom stereocenters. The molecule has 0 spiro atoms. The van der Waals surface area contributed by atoms with Crippen molar-refractivity contribution in [3.05, 3.63) is 38.3 Å². The number of aliphatic hydroxyl groups is 1. The first-order valence-corrected chi connectivity index (χ1v) is 4.57. The minimum Gasteiger partial charge on any atom is -0.479 e. The molecule has 0 aliphatic rings. The lowest BCUT2D eigenvalue weighted by atomic mass is 10.1. The number of nitrogens with zero attached hydrogens (tertiary/aromatic N) is 1. The van der Waals surface area contributed by atoms with Crippen LogP contribution in [-0.2, 0) is 4.79 Å². The number of aliphatic hydroxyl groups excluding tert-OH is 1. The van der Waals surface area contributed by atoms with E-state index in [0.717, 1.165) is 6.07 Å². The third-order valence-corrected chi connectivity index (χ3v) is 2.39. The predicted octanol–water partition coefficient (Wildman–Crippen LogP) is 1.48. The lowest BCUT2D eigenvalue weighted by Gasteiger charge is -2.05. The van der Waals surface area contributed by atoms with Gasteiger partial charge in [-0.05, 0) is 27.6 Å². The monoisotopic (exact) mass is 275 g/mol. The number of nitro benzene ring substituents is 1. The molecule has 1 rings (SSSR count). The predicted molar refractivity (Wildman–Crippen MR) is 53.4 cm³/mol. The number of aliphatic carboxylic acids is 1. The van der Waals surface area contributed by atoms with E-state index in [-0.39, 0.29) is 15.7 Å². The summed E-state index contributed by atoms with van der Waals surface area (Å²) in [6, 6.07) is 3.64. The SMILES string of the molecule is O=C(O)C(O)c1ccc(Br)c([N+](=O)[O-])c1. The highest BCUT2D eigenvalue weighted by molar-refractivity contribution is 9.10. The summed E-state index contributed by atoms with van der Waals surface area (Å²) >= 11 is 2.95. The van der Waals surface area contributed by atoms with Gasteiger partial charge >= 0.3 is 5.97 Å². The van der Waals surface area contributed by atoms with Gasteiger partial charge in [0.25, 0.3) is 5.69 Å². The van der Waals surface area contributed by atoms with Crippen LogP contribution >= 0.6 is 15.9 Å². The molecule has 0 fully saturated rings. The van der Waals surface area contributed by atoms with Gasteiger partial charge in [0.05, 0.1) is 9.40 Å². The van der Waals surface area contributed by atoms with E-state index in [4.69, 9.17) is 10.2 Å². The number of carbonyl (C=O) groups is 1. The summed E-state index contributed by atoms with van der Waals surface area (Å²) in [4.78, 5) is 20.3. The Hall–Kier alpha value is -1.47. The molecule has 0 saturated carbocycles. The standard InChI is InChI=1S/C8H6BrNO5/c9-5-2-1-4(7(11)8(12)13)3-6(5)10(14)15/h1-3,7,11H,(H,12,13). The molecule has 0 aromatic heterocycles. The largest absolute Gasteiger partial charge is 0.479 e. The van der Waals surface area contributed by atoms with E-state index in [1.54, 1.807) is 0 Å². The van der Waals surface area contributed by atoms with E-state index in [0.29, 0.717) is 0 Å². The molecule has 1 aromatic carbocycles. The van der Waals surface area contributed by atoms with Crippen LogP contribution in [0.1, 0.15) is 11.7 Å². The first-order valence-electron chi connectivity index (χ1n) is 3.78. The average molecular weight is 276 g/mol. The average Bonchev–Trinajstić information content (AvgIpc) is 2.16. The Morgan fingerprint density at radius 2 is 2.13 bits per heavy atom. The Bertz CT molecular complexity index is 419. The van der Waals surface area contributed by atoms with Crippen LogP contribution in [-0.4, -0.2) is 21.1 Å². The lowest BCUT2D eigenvalue weighted by molar-refractivity contribution is -0.385. The van der Waals surface area contributed by atoms with Gasteiger partial charge in [-0.2, -0.15) is 0 Å². The van der Waals surface area contributed by atoms with Crippen LogP contribution in [0.3, 0.4) is 0 Å². The first kappa shape index (κ1) is 11.6. The molecule has 15 heavy (non-hydrogen) atoms. The zero-order valence-corrected chi connectivity index (χ0v) is 8.84. The van der Waals surface area contributed by atoms with Crippen LogP contribution in [0.25, 0.3) is 0 Å². The summed E-state index contributed by atoms with van der Waals surface area (Å²) in [6.07, 6.45) is -1.75. The normalized spacial score (nSPS) is 12.1. The fourth-order valence-corrected chi connectivity index (χ4v) is 1.37. The van der Waals surface area contributed by atoms with Crippen molar-refractivity contribution >= 4 is 27.6 Å². The number of benzene rings is 1. The third-order valence-electron chi connectivity index (χ3n) is 1.72. The number of halogens is 1. The molecule has 80 valence electrons. The van der Waals surface area contributed by atoms with Gasteiger partial charge in [0.2, 0.25) is 0 Å². The van der Waals surface area contributed by atoms with Crippen LogP contribution in [0.2, 0.25) is 0 Å². The summed E-state index contributed by atoms with van der Waals surface area (Å²) in [5.74, 6) is -1.45. The number of hydrogen-bond donors (Lipinski definition) is 2. The number of carboxylic acid groups (broad SMARTS) is 1. The second-order valence-electron chi connectivity index (χ2n) is 2.71. The van der Waals surface area contributed by atoms with E-state index in [9.17, 15) is 14.9 Å². The molecule has 0 amide bonds. The molecule has 0 aliphatic carbocycles. The molecule has 0 radical (unpaired) electrons. The molecule has 7 heteroatoms. The molecule has 0 aliphatic heterocycles. The Kier molecular flexibility index (Phi) is 3.38. The highest BCUT2D eigenvalue weighted by atomic mass is 79.9. The van der Waals surface area contributed by atoms with Crippen molar-refractivity contribution in [3.63, 3.8) is 0 Å². The summed E-state index contributed by atoms with van der Waals surface area (Å²) in [7, 11) is 0. The fourth-order valence-electron chi connectivity index (χ4n) is 0.982. The molecule has 2 N–H and O–H groups in total. The summed E-state index contributed by atoms with van der Waals surface area (Å²) in [5, 5.41) is 28.2. The fraction of sp³-hybridized carbons (Fsp3) is 0.125. The Morgan fingerprint density at radius 1 is 1.53 bits per heavy atom. The number of nitro groups is 1. The van der Waals surface area contributed by atoms with Gasteiger partial charge in [-0.25, -0.2) is 4.79 Å². The van der Waals surface area contributed by atoms with Crippen LogP contribution in [0.5, 0.6) is 0 Å². The van der Waals surface area contributed by atoms with Crippen LogP contribution in [0.15, 0.2) is 22.7 Å². The van der Waals surface area contributed by atoms with Crippen molar-refractivity contribution < 1.29 is 19.9 Å². The van der Waals surface area contributed by atoms with Gasteiger partial charge in [-0.1, -0.05) is 6.07 Å². The summed E-state index contributed by atoms with van der Waals surface area (Å²) in [6.45, 7) is 0. The van der Waals surface area contributed by atoms with Gasteiger partial charge in [0, 0.05) is 6.07 Å². The molecular weight excluding hydrogens is 270 g/mol. The molecule has 1 atom stereocenters. The maximum Gasteiger partial charge on any atom is 0.337 e. The van der Waals surface area contributed by atoms with E-state index < -0.39 is 17.0 Å². The number of carboxylic acids is 1. The van der Waals surface area contributed by atoms with Crippen molar-refractivity contribution in [2.45, 2.75) is 6.10 Å².